The van der Waals surface area contributed by atoms with E-state index in [9.17, 15) is 13.2 Å². The summed E-state index contributed by atoms with van der Waals surface area (Å²) in [6.07, 6.45) is 1.68. The molecule has 1 aliphatic heterocycles. The predicted octanol–water partition coefficient (Wildman–Crippen LogP) is 3.49. The molecule has 0 aliphatic carbocycles. The summed E-state index contributed by atoms with van der Waals surface area (Å²) in [5, 5.41) is 0.601. The van der Waals surface area contributed by atoms with Gasteiger partial charge in [0.1, 0.15) is 0 Å². The summed E-state index contributed by atoms with van der Waals surface area (Å²) in [6.45, 7) is 0.354. The van der Waals surface area contributed by atoms with E-state index in [1.165, 1.54) is 0 Å². The van der Waals surface area contributed by atoms with Gasteiger partial charge in [-0.15, -0.1) is 0 Å². The van der Waals surface area contributed by atoms with Gasteiger partial charge in [-0.1, -0.05) is 35.9 Å². The molecule has 4 nitrogen and oxygen atoms in total. The molecule has 0 radical (unpaired) electrons. The SMILES string of the molecule is CS(=O)(=O)c1ccc(/C(=C2/CCOC2=O)c2ccc(Cl)cc2)cc1. The van der Waals surface area contributed by atoms with Gasteiger partial charge in [0, 0.05) is 23.3 Å². The lowest BCUT2D eigenvalue weighted by Gasteiger charge is -2.12. The number of hydrogen-bond donors (Lipinski definition) is 0. The first-order valence-electron chi connectivity index (χ1n) is 7.33. The average molecular weight is 363 g/mol. The molecule has 0 unspecified atom stereocenters. The van der Waals surface area contributed by atoms with Gasteiger partial charge < -0.3 is 4.74 Å². The summed E-state index contributed by atoms with van der Waals surface area (Å²) in [4.78, 5) is 12.3. The molecule has 3 rings (SSSR count). The van der Waals surface area contributed by atoms with E-state index in [4.69, 9.17) is 16.3 Å². The van der Waals surface area contributed by atoms with Crippen LogP contribution in [0, 0.1) is 0 Å². The van der Waals surface area contributed by atoms with Crippen molar-refractivity contribution in [3.05, 3.63) is 70.3 Å². The molecule has 0 saturated carbocycles. The van der Waals surface area contributed by atoms with Crippen molar-refractivity contribution >= 4 is 33.0 Å². The molecule has 0 N–H and O–H groups in total. The fourth-order valence-corrected chi connectivity index (χ4v) is 3.42. The summed E-state index contributed by atoms with van der Waals surface area (Å²) in [5.41, 5.74) is 2.93. The van der Waals surface area contributed by atoms with Crippen LogP contribution in [0.1, 0.15) is 17.5 Å². The molecule has 2 aromatic rings. The van der Waals surface area contributed by atoms with Crippen LogP contribution in [-0.2, 0) is 19.4 Å². The first kappa shape index (κ1) is 16.7. The third kappa shape index (κ3) is 3.37. The fourth-order valence-electron chi connectivity index (χ4n) is 2.66. The fraction of sp³-hybridized carbons (Fsp3) is 0.167. The Bertz CT molecular complexity index is 910. The van der Waals surface area contributed by atoms with Crippen molar-refractivity contribution in [2.45, 2.75) is 11.3 Å². The zero-order valence-electron chi connectivity index (χ0n) is 13.0. The molecule has 6 heteroatoms. The Kier molecular flexibility index (Phi) is 4.47. The van der Waals surface area contributed by atoms with E-state index in [2.05, 4.69) is 0 Å². The lowest BCUT2D eigenvalue weighted by Crippen LogP contribution is -2.02. The van der Waals surface area contributed by atoms with E-state index >= 15 is 0 Å². The smallest absolute Gasteiger partial charge is 0.334 e. The number of cyclic esters (lactones) is 1. The molecule has 0 bridgehead atoms. The molecule has 0 amide bonds. The summed E-state index contributed by atoms with van der Waals surface area (Å²) in [7, 11) is -3.27. The minimum Gasteiger partial charge on any atom is -0.462 e. The van der Waals surface area contributed by atoms with Crippen molar-refractivity contribution in [3.63, 3.8) is 0 Å². The number of sulfone groups is 1. The second-order valence-electron chi connectivity index (χ2n) is 5.54. The summed E-state index contributed by atoms with van der Waals surface area (Å²) in [6, 6.07) is 13.7. The molecule has 0 spiro atoms. The number of rotatable bonds is 3. The standard InChI is InChI=1S/C18H15ClO4S/c1-24(21,22)15-8-4-13(5-9-15)17(16-10-11-23-18(16)20)12-2-6-14(19)7-3-12/h2-9H,10-11H2,1H3/b17-16-. The average Bonchev–Trinajstić information content (AvgIpc) is 2.95. The molecule has 1 heterocycles. The van der Waals surface area contributed by atoms with E-state index in [0.717, 1.165) is 23.0 Å². The highest BCUT2D eigenvalue weighted by molar-refractivity contribution is 7.90. The van der Waals surface area contributed by atoms with Crippen LogP contribution in [0.2, 0.25) is 5.02 Å². The zero-order valence-corrected chi connectivity index (χ0v) is 14.5. The Labute approximate surface area is 145 Å². The number of carbonyl (C=O) groups is 1. The van der Waals surface area contributed by atoms with Gasteiger partial charge in [-0.3, -0.25) is 0 Å². The van der Waals surface area contributed by atoms with Gasteiger partial charge in [-0.25, -0.2) is 13.2 Å². The van der Waals surface area contributed by atoms with E-state index < -0.39 is 9.84 Å². The molecule has 0 atom stereocenters. The maximum atomic E-state index is 12.1. The zero-order chi connectivity index (χ0) is 17.3. The van der Waals surface area contributed by atoms with Crippen LogP contribution in [0.5, 0.6) is 0 Å². The highest BCUT2D eigenvalue weighted by Gasteiger charge is 2.25. The maximum absolute atomic E-state index is 12.1. The van der Waals surface area contributed by atoms with Gasteiger partial charge in [-0.2, -0.15) is 0 Å². The van der Waals surface area contributed by atoms with Gasteiger partial charge in [0.25, 0.3) is 0 Å². The number of carbonyl (C=O) groups excluding carboxylic acids is 1. The normalized spacial score (nSPS) is 16.8. The van der Waals surface area contributed by atoms with Crippen molar-refractivity contribution in [1.82, 2.24) is 0 Å². The summed E-state index contributed by atoms with van der Waals surface area (Å²) < 4.78 is 28.3. The molecule has 124 valence electrons. The Balaban J connectivity index is 2.16. The van der Waals surface area contributed by atoms with Gasteiger partial charge >= 0.3 is 5.97 Å². The summed E-state index contributed by atoms with van der Waals surface area (Å²) in [5.74, 6) is -0.341. The molecular weight excluding hydrogens is 348 g/mol. The van der Waals surface area contributed by atoms with Crippen LogP contribution in [0.4, 0.5) is 0 Å². The van der Waals surface area contributed by atoms with Crippen LogP contribution < -0.4 is 0 Å². The first-order valence-corrected chi connectivity index (χ1v) is 9.60. The number of ether oxygens (including phenoxy) is 1. The van der Waals surface area contributed by atoms with Crippen molar-refractivity contribution in [3.8, 4) is 0 Å². The van der Waals surface area contributed by atoms with Crippen LogP contribution in [-0.4, -0.2) is 27.2 Å². The molecule has 24 heavy (non-hydrogen) atoms. The number of hydrogen-bond acceptors (Lipinski definition) is 4. The third-order valence-electron chi connectivity index (χ3n) is 3.84. The van der Waals surface area contributed by atoms with Crippen molar-refractivity contribution < 1.29 is 17.9 Å². The van der Waals surface area contributed by atoms with Gasteiger partial charge in [-0.05, 0) is 41.0 Å². The first-order chi connectivity index (χ1) is 11.4. The molecule has 1 saturated heterocycles. The highest BCUT2D eigenvalue weighted by Crippen LogP contribution is 2.32. The lowest BCUT2D eigenvalue weighted by atomic mass is 9.92. The minimum atomic E-state index is -3.27. The Morgan fingerprint density at radius 1 is 1.00 bits per heavy atom. The quantitative estimate of drug-likeness (QED) is 0.619. The van der Waals surface area contributed by atoms with Gasteiger partial charge in [0.05, 0.1) is 11.5 Å². The number of benzene rings is 2. The summed E-state index contributed by atoms with van der Waals surface area (Å²) >= 11 is 5.95. The topological polar surface area (TPSA) is 60.4 Å². The van der Waals surface area contributed by atoms with Gasteiger partial charge in [0.2, 0.25) is 0 Å². The predicted molar refractivity (Wildman–Crippen MR) is 92.6 cm³/mol. The Hall–Kier alpha value is -2.11. The third-order valence-corrected chi connectivity index (χ3v) is 5.22. The van der Waals surface area contributed by atoms with Crippen LogP contribution in [0.25, 0.3) is 5.57 Å². The van der Waals surface area contributed by atoms with Crippen LogP contribution >= 0.6 is 11.6 Å². The molecule has 1 fully saturated rings. The largest absolute Gasteiger partial charge is 0.462 e. The maximum Gasteiger partial charge on any atom is 0.334 e. The van der Waals surface area contributed by atoms with Crippen molar-refractivity contribution in [1.29, 1.82) is 0 Å². The molecular formula is C18H15ClO4S. The van der Waals surface area contributed by atoms with Crippen molar-refractivity contribution in [2.24, 2.45) is 0 Å². The second kappa shape index (κ2) is 6.42. The molecule has 0 aromatic heterocycles. The molecule has 1 aliphatic rings. The number of esters is 1. The van der Waals surface area contributed by atoms with Crippen molar-refractivity contribution in [2.75, 3.05) is 12.9 Å². The van der Waals surface area contributed by atoms with Gasteiger partial charge in [0.15, 0.2) is 9.84 Å². The monoisotopic (exact) mass is 362 g/mol. The van der Waals surface area contributed by atoms with E-state index in [0.29, 0.717) is 23.6 Å². The second-order valence-corrected chi connectivity index (χ2v) is 8.00. The van der Waals surface area contributed by atoms with E-state index in [-0.39, 0.29) is 10.9 Å². The van der Waals surface area contributed by atoms with Crippen LogP contribution in [0.3, 0.4) is 0 Å². The van der Waals surface area contributed by atoms with E-state index in [1.807, 2.05) is 12.1 Å². The minimum absolute atomic E-state index is 0.237. The highest BCUT2D eigenvalue weighted by atomic mass is 35.5. The lowest BCUT2D eigenvalue weighted by molar-refractivity contribution is -0.135. The Morgan fingerprint density at radius 3 is 2.00 bits per heavy atom. The van der Waals surface area contributed by atoms with E-state index in [1.54, 1.807) is 36.4 Å². The molecule has 2 aromatic carbocycles. The number of halogens is 1. The van der Waals surface area contributed by atoms with Crippen LogP contribution in [0.15, 0.2) is 59.0 Å². The Morgan fingerprint density at radius 2 is 1.54 bits per heavy atom.